The van der Waals surface area contributed by atoms with E-state index >= 15 is 0 Å². The highest BCUT2D eigenvalue weighted by Crippen LogP contribution is 2.26. The van der Waals surface area contributed by atoms with Gasteiger partial charge in [0.2, 0.25) is 5.91 Å². The van der Waals surface area contributed by atoms with E-state index in [1.54, 1.807) is 0 Å². The number of carbonyl (C=O) groups excluding carboxylic acids is 1. The molecule has 0 heterocycles. The van der Waals surface area contributed by atoms with Crippen molar-refractivity contribution in [3.05, 3.63) is 35.9 Å². The first-order valence-corrected chi connectivity index (χ1v) is 7.81. The summed E-state index contributed by atoms with van der Waals surface area (Å²) in [5.41, 5.74) is 6.82. The van der Waals surface area contributed by atoms with Crippen LogP contribution in [0.3, 0.4) is 0 Å². The summed E-state index contributed by atoms with van der Waals surface area (Å²) < 4.78 is 0. The second-order valence-electron chi connectivity index (χ2n) is 6.32. The summed E-state index contributed by atoms with van der Waals surface area (Å²) in [6, 6.07) is 10.4. The van der Waals surface area contributed by atoms with E-state index in [0.717, 1.165) is 25.7 Å². The fourth-order valence-electron chi connectivity index (χ4n) is 3.05. The molecule has 1 fully saturated rings. The third-order valence-electron chi connectivity index (χ3n) is 4.46. The molecule has 21 heavy (non-hydrogen) atoms. The molecule has 1 aromatic carbocycles. The van der Waals surface area contributed by atoms with Gasteiger partial charge in [-0.2, -0.15) is 0 Å². The third-order valence-corrected chi connectivity index (χ3v) is 4.46. The fraction of sp³-hybridized carbons (Fsp3) is 0.588. The molecule has 1 aromatic rings. The van der Waals surface area contributed by atoms with E-state index < -0.39 is 5.54 Å². The average Bonchev–Trinajstić information content (AvgIpc) is 2.48. The van der Waals surface area contributed by atoms with Gasteiger partial charge in [-0.25, -0.2) is 0 Å². The number of rotatable bonds is 5. The lowest BCUT2D eigenvalue weighted by atomic mass is 9.82. The molecule has 4 heteroatoms. The molecule has 1 atom stereocenters. The zero-order chi connectivity index (χ0) is 15.3. The Balaban J connectivity index is 1.97. The second-order valence-corrected chi connectivity index (χ2v) is 6.32. The minimum absolute atomic E-state index is 0.00461. The van der Waals surface area contributed by atoms with Crippen molar-refractivity contribution in [2.75, 3.05) is 20.6 Å². The minimum Gasteiger partial charge on any atom is -0.353 e. The van der Waals surface area contributed by atoms with Crippen LogP contribution < -0.4 is 11.1 Å². The lowest BCUT2D eigenvalue weighted by molar-refractivity contribution is -0.127. The topological polar surface area (TPSA) is 58.4 Å². The van der Waals surface area contributed by atoms with Gasteiger partial charge in [0.05, 0.1) is 11.6 Å². The van der Waals surface area contributed by atoms with E-state index in [1.807, 2.05) is 32.3 Å². The third kappa shape index (κ3) is 4.05. The number of nitrogens with zero attached hydrogens (tertiary/aromatic N) is 1. The van der Waals surface area contributed by atoms with E-state index in [-0.39, 0.29) is 11.9 Å². The molecule has 1 unspecified atom stereocenters. The molecule has 4 nitrogen and oxygen atoms in total. The Morgan fingerprint density at radius 1 is 1.24 bits per heavy atom. The first-order chi connectivity index (χ1) is 10.0. The highest BCUT2D eigenvalue weighted by Gasteiger charge is 2.35. The van der Waals surface area contributed by atoms with Crippen LogP contribution >= 0.6 is 0 Å². The van der Waals surface area contributed by atoms with Gasteiger partial charge in [0.25, 0.3) is 0 Å². The second kappa shape index (κ2) is 7.05. The van der Waals surface area contributed by atoms with Crippen molar-refractivity contribution in [2.45, 2.75) is 43.7 Å². The van der Waals surface area contributed by atoms with Crippen LogP contribution in [0.1, 0.15) is 43.7 Å². The molecule has 0 aliphatic heterocycles. The summed E-state index contributed by atoms with van der Waals surface area (Å²) in [7, 11) is 4.06. The number of nitrogens with one attached hydrogen (secondary N) is 1. The molecule has 2 rings (SSSR count). The van der Waals surface area contributed by atoms with Gasteiger partial charge in [0.1, 0.15) is 0 Å². The van der Waals surface area contributed by atoms with Crippen LogP contribution in [0.4, 0.5) is 0 Å². The van der Waals surface area contributed by atoms with E-state index in [4.69, 9.17) is 5.73 Å². The number of amides is 1. The standard InChI is InChI=1S/C17H27N3O/c1-20(2)15(14-9-5-3-6-10-14)13-19-16(21)17(18)11-7-4-8-12-17/h3,5-6,9-10,15H,4,7-8,11-13,18H2,1-2H3,(H,19,21). The first-order valence-electron chi connectivity index (χ1n) is 7.81. The maximum Gasteiger partial charge on any atom is 0.240 e. The lowest BCUT2D eigenvalue weighted by Crippen LogP contribution is -2.55. The van der Waals surface area contributed by atoms with Crippen LogP contribution in [0.15, 0.2) is 30.3 Å². The molecular weight excluding hydrogens is 262 g/mol. The van der Waals surface area contributed by atoms with Crippen LogP contribution in [0.25, 0.3) is 0 Å². The Kier molecular flexibility index (Phi) is 5.37. The number of nitrogens with two attached hydrogens (primary N) is 1. The number of carbonyl (C=O) groups is 1. The van der Waals surface area contributed by atoms with Crippen molar-refractivity contribution in [1.29, 1.82) is 0 Å². The molecule has 3 N–H and O–H groups in total. The average molecular weight is 289 g/mol. The van der Waals surface area contributed by atoms with Crippen LogP contribution in [0.5, 0.6) is 0 Å². The first kappa shape index (κ1) is 16.0. The number of likely N-dealkylation sites (N-methyl/N-ethyl adjacent to an activating group) is 1. The highest BCUT2D eigenvalue weighted by atomic mass is 16.2. The normalized spacial score (nSPS) is 19.2. The quantitative estimate of drug-likeness (QED) is 0.872. The number of benzene rings is 1. The Morgan fingerprint density at radius 3 is 2.43 bits per heavy atom. The Bertz CT molecular complexity index is 452. The molecule has 0 saturated heterocycles. The van der Waals surface area contributed by atoms with Crippen molar-refractivity contribution in [3.8, 4) is 0 Å². The minimum atomic E-state index is -0.661. The van der Waals surface area contributed by atoms with E-state index in [2.05, 4.69) is 22.3 Å². The predicted octanol–water partition coefficient (Wildman–Crippen LogP) is 2.07. The summed E-state index contributed by atoms with van der Waals surface area (Å²) in [5.74, 6) is 0.00461. The Morgan fingerprint density at radius 2 is 1.86 bits per heavy atom. The molecule has 1 aliphatic carbocycles. The molecule has 0 radical (unpaired) electrons. The van der Waals surface area contributed by atoms with E-state index in [1.165, 1.54) is 12.0 Å². The van der Waals surface area contributed by atoms with Crippen LogP contribution in [0, 0.1) is 0 Å². The largest absolute Gasteiger partial charge is 0.353 e. The summed E-state index contributed by atoms with van der Waals surface area (Å²) in [4.78, 5) is 14.5. The van der Waals surface area contributed by atoms with Gasteiger partial charge in [0.15, 0.2) is 0 Å². The summed E-state index contributed by atoms with van der Waals surface area (Å²) in [6.07, 6.45) is 4.91. The van der Waals surface area contributed by atoms with Crippen molar-refractivity contribution >= 4 is 5.91 Å². The molecule has 0 bridgehead atoms. The van der Waals surface area contributed by atoms with Gasteiger partial charge in [-0.05, 0) is 32.5 Å². The fourth-order valence-corrected chi connectivity index (χ4v) is 3.05. The van der Waals surface area contributed by atoms with Crippen molar-refractivity contribution in [2.24, 2.45) is 5.73 Å². The molecular formula is C17H27N3O. The molecule has 1 aliphatic rings. The van der Waals surface area contributed by atoms with Crippen LogP contribution in [-0.4, -0.2) is 37.0 Å². The summed E-state index contributed by atoms with van der Waals surface area (Å²) in [6.45, 7) is 0.592. The molecule has 1 amide bonds. The van der Waals surface area contributed by atoms with E-state index in [0.29, 0.717) is 6.54 Å². The molecule has 0 spiro atoms. The monoisotopic (exact) mass is 289 g/mol. The smallest absolute Gasteiger partial charge is 0.240 e. The van der Waals surface area contributed by atoms with Crippen molar-refractivity contribution in [1.82, 2.24) is 10.2 Å². The molecule has 116 valence electrons. The van der Waals surface area contributed by atoms with Crippen LogP contribution in [-0.2, 0) is 4.79 Å². The Labute approximate surface area is 127 Å². The highest BCUT2D eigenvalue weighted by molar-refractivity contribution is 5.86. The predicted molar refractivity (Wildman–Crippen MR) is 85.9 cm³/mol. The van der Waals surface area contributed by atoms with Gasteiger partial charge in [-0.15, -0.1) is 0 Å². The van der Waals surface area contributed by atoms with Crippen LogP contribution in [0.2, 0.25) is 0 Å². The number of hydrogen-bond donors (Lipinski definition) is 2. The van der Waals surface area contributed by atoms with Gasteiger partial charge in [-0.1, -0.05) is 49.6 Å². The van der Waals surface area contributed by atoms with Gasteiger partial charge < -0.3 is 16.0 Å². The van der Waals surface area contributed by atoms with Gasteiger partial charge >= 0.3 is 0 Å². The number of hydrogen-bond acceptors (Lipinski definition) is 3. The maximum absolute atomic E-state index is 12.4. The van der Waals surface area contributed by atoms with E-state index in [9.17, 15) is 4.79 Å². The zero-order valence-electron chi connectivity index (χ0n) is 13.1. The SMILES string of the molecule is CN(C)C(CNC(=O)C1(N)CCCCC1)c1ccccc1. The maximum atomic E-state index is 12.4. The molecule has 1 saturated carbocycles. The zero-order valence-corrected chi connectivity index (χ0v) is 13.1. The van der Waals surface area contributed by atoms with Gasteiger partial charge in [-0.3, -0.25) is 4.79 Å². The Hall–Kier alpha value is -1.39. The lowest BCUT2D eigenvalue weighted by Gasteiger charge is -2.33. The van der Waals surface area contributed by atoms with Crippen molar-refractivity contribution in [3.63, 3.8) is 0 Å². The summed E-state index contributed by atoms with van der Waals surface area (Å²) >= 11 is 0. The van der Waals surface area contributed by atoms with Gasteiger partial charge in [0, 0.05) is 6.54 Å². The summed E-state index contributed by atoms with van der Waals surface area (Å²) in [5, 5.41) is 3.07. The van der Waals surface area contributed by atoms with Crippen molar-refractivity contribution < 1.29 is 4.79 Å². The molecule has 0 aromatic heterocycles.